The first-order chi connectivity index (χ1) is 12.9. The van der Waals surface area contributed by atoms with Gasteiger partial charge in [0.05, 0.1) is 5.02 Å². The molecule has 1 aliphatic heterocycles. The fraction of sp³-hybridized carbons (Fsp3) is 0.263. The SMILES string of the molecule is O=C(COc1ccc(Cl)cc1Cl)N1CCN(C(=O)c2cccc(Cl)c2)CC1. The van der Waals surface area contributed by atoms with Crippen molar-refractivity contribution < 1.29 is 14.3 Å². The lowest BCUT2D eigenvalue weighted by Gasteiger charge is -2.34. The number of hydrogen-bond donors (Lipinski definition) is 0. The Kier molecular flexibility index (Phi) is 6.47. The van der Waals surface area contributed by atoms with E-state index in [9.17, 15) is 9.59 Å². The summed E-state index contributed by atoms with van der Waals surface area (Å²) in [5.74, 6) is 0.161. The summed E-state index contributed by atoms with van der Waals surface area (Å²) in [6, 6.07) is 11.7. The summed E-state index contributed by atoms with van der Waals surface area (Å²) in [6.07, 6.45) is 0. The second kappa shape index (κ2) is 8.83. The smallest absolute Gasteiger partial charge is 0.260 e. The number of amides is 2. The molecule has 2 aromatic carbocycles. The third-order valence-corrected chi connectivity index (χ3v) is 5.00. The van der Waals surface area contributed by atoms with Crippen LogP contribution in [0.1, 0.15) is 10.4 Å². The van der Waals surface area contributed by atoms with Crippen molar-refractivity contribution in [3.8, 4) is 5.75 Å². The highest BCUT2D eigenvalue weighted by molar-refractivity contribution is 6.35. The third-order valence-electron chi connectivity index (χ3n) is 4.24. The van der Waals surface area contributed by atoms with E-state index in [1.165, 1.54) is 0 Å². The molecule has 1 heterocycles. The Bertz CT molecular complexity index is 852. The van der Waals surface area contributed by atoms with Gasteiger partial charge in [-0.25, -0.2) is 0 Å². The van der Waals surface area contributed by atoms with E-state index in [1.54, 1.807) is 52.3 Å². The van der Waals surface area contributed by atoms with E-state index in [0.717, 1.165) is 0 Å². The number of halogens is 3. The highest BCUT2D eigenvalue weighted by atomic mass is 35.5. The van der Waals surface area contributed by atoms with Crippen LogP contribution < -0.4 is 4.74 Å². The van der Waals surface area contributed by atoms with Gasteiger partial charge in [-0.15, -0.1) is 0 Å². The van der Waals surface area contributed by atoms with E-state index in [4.69, 9.17) is 39.5 Å². The second-order valence-electron chi connectivity index (χ2n) is 6.05. The van der Waals surface area contributed by atoms with Gasteiger partial charge >= 0.3 is 0 Å². The van der Waals surface area contributed by atoms with Gasteiger partial charge in [-0.3, -0.25) is 9.59 Å². The van der Waals surface area contributed by atoms with Gasteiger partial charge in [-0.1, -0.05) is 40.9 Å². The van der Waals surface area contributed by atoms with Gasteiger partial charge in [-0.05, 0) is 36.4 Å². The monoisotopic (exact) mass is 426 g/mol. The van der Waals surface area contributed by atoms with Crippen molar-refractivity contribution in [1.29, 1.82) is 0 Å². The largest absolute Gasteiger partial charge is 0.482 e. The van der Waals surface area contributed by atoms with Gasteiger partial charge in [0.2, 0.25) is 0 Å². The molecule has 2 amide bonds. The molecule has 5 nitrogen and oxygen atoms in total. The Morgan fingerprint density at radius 2 is 1.56 bits per heavy atom. The molecule has 0 atom stereocenters. The fourth-order valence-corrected chi connectivity index (χ4v) is 3.44. The topological polar surface area (TPSA) is 49.9 Å². The van der Waals surface area contributed by atoms with Crippen LogP contribution in [-0.2, 0) is 4.79 Å². The van der Waals surface area contributed by atoms with Gasteiger partial charge in [0.15, 0.2) is 6.61 Å². The Morgan fingerprint density at radius 1 is 0.889 bits per heavy atom. The van der Waals surface area contributed by atoms with Crippen molar-refractivity contribution in [3.05, 3.63) is 63.1 Å². The summed E-state index contributed by atoms with van der Waals surface area (Å²) in [7, 11) is 0. The Hall–Kier alpha value is -1.95. The van der Waals surface area contributed by atoms with Gasteiger partial charge in [0, 0.05) is 41.8 Å². The molecular weight excluding hydrogens is 411 g/mol. The van der Waals surface area contributed by atoms with Gasteiger partial charge in [-0.2, -0.15) is 0 Å². The number of carbonyl (C=O) groups excluding carboxylic acids is 2. The van der Waals surface area contributed by atoms with Crippen molar-refractivity contribution in [1.82, 2.24) is 9.80 Å². The molecule has 1 fully saturated rings. The molecule has 0 N–H and O–H groups in total. The molecule has 1 aliphatic rings. The van der Waals surface area contributed by atoms with Gasteiger partial charge < -0.3 is 14.5 Å². The molecule has 0 unspecified atom stereocenters. The number of piperazine rings is 1. The summed E-state index contributed by atoms with van der Waals surface area (Å²) in [4.78, 5) is 28.3. The lowest BCUT2D eigenvalue weighted by atomic mass is 10.2. The van der Waals surface area contributed by atoms with Crippen LogP contribution in [0.2, 0.25) is 15.1 Å². The zero-order valence-electron chi connectivity index (χ0n) is 14.3. The Labute approximate surface area is 172 Å². The van der Waals surface area contributed by atoms with Crippen molar-refractivity contribution in [2.24, 2.45) is 0 Å². The van der Waals surface area contributed by atoms with Crippen LogP contribution in [0.5, 0.6) is 5.75 Å². The highest BCUT2D eigenvalue weighted by Gasteiger charge is 2.25. The molecular formula is C19H17Cl3N2O3. The summed E-state index contributed by atoms with van der Waals surface area (Å²) in [5, 5.41) is 1.37. The zero-order valence-corrected chi connectivity index (χ0v) is 16.6. The van der Waals surface area contributed by atoms with E-state index < -0.39 is 0 Å². The molecule has 0 saturated carbocycles. The van der Waals surface area contributed by atoms with Crippen LogP contribution in [0.4, 0.5) is 0 Å². The average molecular weight is 428 g/mol. The summed E-state index contributed by atoms with van der Waals surface area (Å²) in [6.45, 7) is 1.69. The van der Waals surface area contributed by atoms with Crippen LogP contribution in [0, 0.1) is 0 Å². The number of rotatable bonds is 4. The normalized spacial score (nSPS) is 14.2. The molecule has 1 saturated heterocycles. The molecule has 27 heavy (non-hydrogen) atoms. The predicted molar refractivity (Wildman–Crippen MR) is 106 cm³/mol. The van der Waals surface area contributed by atoms with Crippen molar-refractivity contribution in [2.75, 3.05) is 32.8 Å². The quantitative estimate of drug-likeness (QED) is 0.741. The van der Waals surface area contributed by atoms with E-state index in [0.29, 0.717) is 52.6 Å². The maximum atomic E-state index is 12.5. The van der Waals surface area contributed by atoms with Crippen molar-refractivity contribution >= 4 is 46.6 Å². The molecule has 0 radical (unpaired) electrons. The minimum atomic E-state index is -0.157. The first-order valence-corrected chi connectivity index (χ1v) is 9.48. The molecule has 3 rings (SSSR count). The van der Waals surface area contributed by atoms with Gasteiger partial charge in [0.1, 0.15) is 5.75 Å². The first kappa shape index (κ1) is 19.8. The Morgan fingerprint density at radius 3 is 2.22 bits per heavy atom. The molecule has 0 aromatic heterocycles. The first-order valence-electron chi connectivity index (χ1n) is 8.34. The van der Waals surface area contributed by atoms with E-state index in [1.807, 2.05) is 0 Å². The summed E-state index contributed by atoms with van der Waals surface area (Å²) < 4.78 is 5.49. The number of carbonyl (C=O) groups is 2. The lowest BCUT2D eigenvalue weighted by Crippen LogP contribution is -2.51. The summed E-state index contributed by atoms with van der Waals surface area (Å²) >= 11 is 17.8. The predicted octanol–water partition coefficient (Wildman–Crippen LogP) is 4.01. The number of hydrogen-bond acceptors (Lipinski definition) is 3. The van der Waals surface area contributed by atoms with E-state index >= 15 is 0 Å². The standard InChI is InChI=1S/C19H17Cl3N2O3/c20-14-3-1-2-13(10-14)19(26)24-8-6-23(7-9-24)18(25)12-27-17-5-4-15(21)11-16(17)22/h1-5,10-11H,6-9,12H2. The minimum Gasteiger partial charge on any atom is -0.482 e. The van der Waals surface area contributed by atoms with Crippen LogP contribution in [0.25, 0.3) is 0 Å². The molecule has 0 aliphatic carbocycles. The van der Waals surface area contributed by atoms with Gasteiger partial charge in [0.25, 0.3) is 11.8 Å². The molecule has 0 spiro atoms. The summed E-state index contributed by atoms with van der Waals surface area (Å²) in [5.41, 5.74) is 0.544. The lowest BCUT2D eigenvalue weighted by molar-refractivity contribution is -0.134. The maximum Gasteiger partial charge on any atom is 0.260 e. The van der Waals surface area contributed by atoms with Crippen LogP contribution in [0.15, 0.2) is 42.5 Å². The molecule has 8 heteroatoms. The maximum absolute atomic E-state index is 12.5. The molecule has 142 valence electrons. The number of benzene rings is 2. The third kappa shape index (κ3) is 5.06. The van der Waals surface area contributed by atoms with Crippen molar-refractivity contribution in [3.63, 3.8) is 0 Å². The van der Waals surface area contributed by atoms with E-state index in [-0.39, 0.29) is 18.4 Å². The highest BCUT2D eigenvalue weighted by Crippen LogP contribution is 2.27. The van der Waals surface area contributed by atoms with Crippen molar-refractivity contribution in [2.45, 2.75) is 0 Å². The van der Waals surface area contributed by atoms with Crippen LogP contribution in [-0.4, -0.2) is 54.4 Å². The number of nitrogens with zero attached hydrogens (tertiary/aromatic N) is 2. The number of ether oxygens (including phenoxy) is 1. The minimum absolute atomic E-state index is 0.0891. The van der Waals surface area contributed by atoms with Crippen LogP contribution in [0.3, 0.4) is 0 Å². The zero-order chi connectivity index (χ0) is 19.4. The van der Waals surface area contributed by atoms with Crippen LogP contribution >= 0.6 is 34.8 Å². The molecule has 2 aromatic rings. The Balaban J connectivity index is 1.51. The second-order valence-corrected chi connectivity index (χ2v) is 7.33. The van der Waals surface area contributed by atoms with E-state index in [2.05, 4.69) is 0 Å². The fourth-order valence-electron chi connectivity index (χ4n) is 2.79. The average Bonchev–Trinajstić information content (AvgIpc) is 2.66. The molecule has 0 bridgehead atoms.